The van der Waals surface area contributed by atoms with Gasteiger partial charge in [0.25, 0.3) is 0 Å². The molecule has 158 valence electrons. The van der Waals surface area contributed by atoms with Crippen LogP contribution in [0.3, 0.4) is 0 Å². The zero-order chi connectivity index (χ0) is 21.7. The van der Waals surface area contributed by atoms with E-state index in [9.17, 15) is 18.0 Å². The molecule has 0 aliphatic rings. The molecule has 3 N–H and O–H groups in total. The van der Waals surface area contributed by atoms with Gasteiger partial charge in [0.2, 0.25) is 21.5 Å². The van der Waals surface area contributed by atoms with Crippen molar-refractivity contribution in [2.75, 3.05) is 26.1 Å². The second-order valence-corrected chi connectivity index (χ2v) is 8.10. The SMILES string of the molecule is COc1ccc(OC)c(NC(=O)CCNS(=O)(=O)c2ccc3[nH]c(=O)ccc3c2)c1. The van der Waals surface area contributed by atoms with Crippen molar-refractivity contribution in [3.8, 4) is 11.5 Å². The lowest BCUT2D eigenvalue weighted by Gasteiger charge is -2.12. The molecule has 30 heavy (non-hydrogen) atoms. The van der Waals surface area contributed by atoms with Crippen molar-refractivity contribution in [1.82, 2.24) is 9.71 Å². The topological polar surface area (TPSA) is 127 Å². The van der Waals surface area contributed by atoms with Crippen LogP contribution in [0.1, 0.15) is 6.42 Å². The number of methoxy groups -OCH3 is 2. The molecule has 0 saturated carbocycles. The number of aromatic nitrogens is 1. The van der Waals surface area contributed by atoms with Gasteiger partial charge < -0.3 is 19.8 Å². The van der Waals surface area contributed by atoms with E-state index in [1.165, 1.54) is 38.5 Å². The van der Waals surface area contributed by atoms with E-state index < -0.39 is 10.0 Å². The molecule has 0 aliphatic heterocycles. The molecule has 0 atom stereocenters. The minimum atomic E-state index is -3.82. The second-order valence-electron chi connectivity index (χ2n) is 6.33. The summed E-state index contributed by atoms with van der Waals surface area (Å²) in [4.78, 5) is 26.2. The number of aromatic amines is 1. The number of nitrogens with one attached hydrogen (secondary N) is 3. The number of hydrogen-bond donors (Lipinski definition) is 3. The Hall–Kier alpha value is -3.37. The number of carbonyl (C=O) groups excluding carboxylic acids is 1. The number of rotatable bonds is 8. The number of hydrogen-bond acceptors (Lipinski definition) is 6. The smallest absolute Gasteiger partial charge is 0.248 e. The van der Waals surface area contributed by atoms with Crippen LogP contribution in [0.2, 0.25) is 0 Å². The van der Waals surface area contributed by atoms with Crippen LogP contribution in [0, 0.1) is 0 Å². The maximum absolute atomic E-state index is 12.5. The van der Waals surface area contributed by atoms with Crippen molar-refractivity contribution in [1.29, 1.82) is 0 Å². The number of ether oxygens (including phenoxy) is 2. The third-order valence-corrected chi connectivity index (χ3v) is 5.79. The van der Waals surface area contributed by atoms with Crippen LogP contribution < -0.4 is 25.1 Å². The maximum atomic E-state index is 12.5. The summed E-state index contributed by atoms with van der Waals surface area (Å²) in [5.41, 5.74) is 0.691. The fraction of sp³-hybridized carbons (Fsp3) is 0.200. The van der Waals surface area contributed by atoms with Crippen LogP contribution in [0.5, 0.6) is 11.5 Å². The molecule has 1 aromatic heterocycles. The first-order valence-electron chi connectivity index (χ1n) is 8.97. The molecule has 0 fully saturated rings. The minimum absolute atomic E-state index is 0.0388. The van der Waals surface area contributed by atoms with E-state index >= 15 is 0 Å². The molecule has 0 radical (unpaired) electrons. The van der Waals surface area contributed by atoms with E-state index in [0.717, 1.165) is 0 Å². The number of amides is 1. The highest BCUT2D eigenvalue weighted by molar-refractivity contribution is 7.89. The van der Waals surface area contributed by atoms with E-state index in [-0.39, 0.29) is 29.3 Å². The van der Waals surface area contributed by atoms with E-state index in [0.29, 0.717) is 28.1 Å². The summed E-state index contributed by atoms with van der Waals surface area (Å²) >= 11 is 0. The van der Waals surface area contributed by atoms with Gasteiger partial charge in [-0.15, -0.1) is 0 Å². The van der Waals surface area contributed by atoms with Gasteiger partial charge in [-0.25, -0.2) is 13.1 Å². The van der Waals surface area contributed by atoms with E-state index in [2.05, 4.69) is 15.0 Å². The molecule has 0 spiro atoms. The van der Waals surface area contributed by atoms with Crippen molar-refractivity contribution in [3.05, 3.63) is 58.9 Å². The summed E-state index contributed by atoms with van der Waals surface area (Å²) in [7, 11) is -0.837. The van der Waals surface area contributed by atoms with Gasteiger partial charge in [0.15, 0.2) is 0 Å². The highest BCUT2D eigenvalue weighted by atomic mass is 32.2. The minimum Gasteiger partial charge on any atom is -0.497 e. The summed E-state index contributed by atoms with van der Waals surface area (Å²) in [6, 6.07) is 12.2. The average Bonchev–Trinajstić information content (AvgIpc) is 2.73. The number of pyridine rings is 1. The Bertz CT molecular complexity index is 1240. The maximum Gasteiger partial charge on any atom is 0.248 e. The van der Waals surface area contributed by atoms with Gasteiger partial charge in [-0.2, -0.15) is 0 Å². The molecule has 9 nitrogen and oxygen atoms in total. The van der Waals surface area contributed by atoms with Crippen LogP contribution in [0.4, 0.5) is 5.69 Å². The summed E-state index contributed by atoms with van der Waals surface area (Å²) in [5, 5.41) is 3.26. The standard InChI is InChI=1S/C20H21N3O6S/c1-28-14-4-7-18(29-2)17(12-14)23-20(25)9-10-21-30(26,27)15-5-6-16-13(11-15)3-8-19(24)22-16/h3-8,11-12,21H,9-10H2,1-2H3,(H,22,24)(H,23,25). The summed E-state index contributed by atoms with van der Waals surface area (Å²) in [6.07, 6.45) is -0.0828. The van der Waals surface area contributed by atoms with Crippen molar-refractivity contribution < 1.29 is 22.7 Å². The molecule has 0 unspecified atom stereocenters. The lowest BCUT2D eigenvalue weighted by Crippen LogP contribution is -2.28. The van der Waals surface area contributed by atoms with Gasteiger partial charge in [-0.05, 0) is 41.8 Å². The predicted octanol–water partition coefficient (Wildman–Crippen LogP) is 1.85. The normalized spacial score (nSPS) is 11.3. The van der Waals surface area contributed by atoms with E-state index in [4.69, 9.17) is 9.47 Å². The third-order valence-electron chi connectivity index (χ3n) is 4.33. The number of sulfonamides is 1. The highest BCUT2D eigenvalue weighted by Gasteiger charge is 2.16. The molecule has 3 rings (SSSR count). The van der Waals surface area contributed by atoms with Gasteiger partial charge in [0.1, 0.15) is 11.5 Å². The molecule has 0 aliphatic carbocycles. The first-order chi connectivity index (χ1) is 14.3. The number of benzene rings is 2. The molecule has 1 heterocycles. The van der Waals surface area contributed by atoms with E-state index in [1.54, 1.807) is 24.3 Å². The van der Waals surface area contributed by atoms with Gasteiger partial charge in [-0.3, -0.25) is 9.59 Å². The lowest BCUT2D eigenvalue weighted by molar-refractivity contribution is -0.116. The van der Waals surface area contributed by atoms with E-state index in [1.807, 2.05) is 0 Å². The third kappa shape index (κ3) is 4.97. The van der Waals surface area contributed by atoms with Crippen molar-refractivity contribution >= 4 is 32.5 Å². The highest BCUT2D eigenvalue weighted by Crippen LogP contribution is 2.28. The molecule has 0 bridgehead atoms. The monoisotopic (exact) mass is 431 g/mol. The first-order valence-corrected chi connectivity index (χ1v) is 10.5. The van der Waals surface area contributed by atoms with Crippen LogP contribution in [0.15, 0.2) is 58.2 Å². The molecule has 0 saturated heterocycles. The number of H-pyrrole nitrogens is 1. The Labute approximate surface area is 173 Å². The van der Waals surface area contributed by atoms with Crippen molar-refractivity contribution in [3.63, 3.8) is 0 Å². The largest absolute Gasteiger partial charge is 0.497 e. The predicted molar refractivity (Wildman–Crippen MR) is 113 cm³/mol. The second kappa shape index (κ2) is 8.97. The van der Waals surface area contributed by atoms with Crippen LogP contribution in [0.25, 0.3) is 10.9 Å². The van der Waals surface area contributed by atoms with Crippen LogP contribution in [-0.2, 0) is 14.8 Å². The fourth-order valence-electron chi connectivity index (χ4n) is 2.81. The van der Waals surface area contributed by atoms with Gasteiger partial charge in [-0.1, -0.05) is 0 Å². The van der Waals surface area contributed by atoms with Crippen LogP contribution >= 0.6 is 0 Å². The average molecular weight is 431 g/mol. The lowest BCUT2D eigenvalue weighted by atomic mass is 10.2. The molecular weight excluding hydrogens is 410 g/mol. The van der Waals surface area contributed by atoms with Crippen molar-refractivity contribution in [2.45, 2.75) is 11.3 Å². The Morgan fingerprint density at radius 1 is 1.03 bits per heavy atom. The zero-order valence-corrected chi connectivity index (χ0v) is 17.2. The number of carbonyl (C=O) groups is 1. The first kappa shape index (κ1) is 21.3. The number of fused-ring (bicyclic) bond motifs is 1. The number of anilines is 1. The van der Waals surface area contributed by atoms with Gasteiger partial charge in [0, 0.05) is 30.6 Å². The summed E-state index contributed by atoms with van der Waals surface area (Å²) in [5.74, 6) is 0.615. The molecule has 10 heteroatoms. The molecular formula is C20H21N3O6S. The summed E-state index contributed by atoms with van der Waals surface area (Å²) < 4.78 is 37.8. The molecule has 2 aromatic carbocycles. The van der Waals surface area contributed by atoms with Gasteiger partial charge in [0.05, 0.1) is 24.8 Å². The summed E-state index contributed by atoms with van der Waals surface area (Å²) in [6.45, 7) is -0.0931. The zero-order valence-electron chi connectivity index (χ0n) is 16.4. The van der Waals surface area contributed by atoms with Gasteiger partial charge >= 0.3 is 0 Å². The molecule has 1 amide bonds. The van der Waals surface area contributed by atoms with Crippen LogP contribution in [-0.4, -0.2) is 40.1 Å². The molecule has 3 aromatic rings. The Balaban J connectivity index is 1.63. The Morgan fingerprint density at radius 2 is 1.83 bits per heavy atom. The fourth-order valence-corrected chi connectivity index (χ4v) is 3.87. The van der Waals surface area contributed by atoms with Crippen molar-refractivity contribution in [2.24, 2.45) is 0 Å². The quantitative estimate of drug-likeness (QED) is 0.500. The Kier molecular flexibility index (Phi) is 6.38. The Morgan fingerprint density at radius 3 is 2.57 bits per heavy atom.